The van der Waals surface area contributed by atoms with Crippen LogP contribution >= 0.6 is 0 Å². The van der Waals surface area contributed by atoms with E-state index >= 15 is 0 Å². The minimum Gasteiger partial charge on any atom is -0.508 e. The minimum absolute atomic E-state index is 0.164. The molecule has 0 saturated carbocycles. The lowest BCUT2D eigenvalue weighted by atomic mass is 10.2. The van der Waals surface area contributed by atoms with Crippen LogP contribution in [-0.2, 0) is 4.74 Å². The highest BCUT2D eigenvalue weighted by Crippen LogP contribution is 2.25. The van der Waals surface area contributed by atoms with E-state index in [-0.39, 0.29) is 12.5 Å². The van der Waals surface area contributed by atoms with Crippen molar-refractivity contribution in [2.75, 3.05) is 13.4 Å². The van der Waals surface area contributed by atoms with Crippen LogP contribution in [0.2, 0.25) is 0 Å². The summed E-state index contributed by atoms with van der Waals surface area (Å²) in [6.07, 6.45) is 0. The molecule has 15 heavy (non-hydrogen) atoms. The van der Waals surface area contributed by atoms with Gasteiger partial charge in [-0.1, -0.05) is 18.2 Å². The van der Waals surface area contributed by atoms with Crippen LogP contribution in [0, 0.1) is 6.92 Å². The Morgan fingerprint density at radius 3 is 2.87 bits per heavy atom. The van der Waals surface area contributed by atoms with Crippen molar-refractivity contribution in [2.45, 2.75) is 13.8 Å². The highest BCUT2D eigenvalue weighted by atomic mass is 16.7. The fourth-order valence-electron chi connectivity index (χ4n) is 1.08. The molecule has 0 unspecified atom stereocenters. The lowest BCUT2D eigenvalue weighted by Crippen LogP contribution is -2.05. The number of hydrogen-bond acceptors (Lipinski definition) is 3. The van der Waals surface area contributed by atoms with E-state index in [2.05, 4.69) is 6.58 Å². The average Bonchev–Trinajstić information content (AvgIpc) is 2.18. The molecule has 1 aromatic carbocycles. The van der Waals surface area contributed by atoms with Crippen LogP contribution in [0.1, 0.15) is 12.5 Å². The summed E-state index contributed by atoms with van der Waals surface area (Å²) in [5.41, 5.74) is 1.67. The Morgan fingerprint density at radius 1 is 1.47 bits per heavy atom. The standard InChI is InChI=1S/C12H16O3/c1-9(2)7-14-8-15-12-6-4-5-11(13)10(12)3/h4-6,13H,1,7-8H2,2-3H3. The topological polar surface area (TPSA) is 38.7 Å². The monoisotopic (exact) mass is 208 g/mol. The van der Waals surface area contributed by atoms with Crippen molar-refractivity contribution in [1.29, 1.82) is 0 Å². The second-order valence-corrected chi connectivity index (χ2v) is 3.47. The van der Waals surface area contributed by atoms with Gasteiger partial charge >= 0.3 is 0 Å². The second-order valence-electron chi connectivity index (χ2n) is 3.47. The number of rotatable bonds is 5. The number of phenolic OH excluding ortho intramolecular Hbond substituents is 1. The molecule has 0 aromatic heterocycles. The maximum Gasteiger partial charge on any atom is 0.189 e. The molecule has 1 aromatic rings. The van der Waals surface area contributed by atoms with Crippen LogP contribution in [0.4, 0.5) is 0 Å². The third-order valence-corrected chi connectivity index (χ3v) is 1.90. The molecule has 0 aliphatic heterocycles. The molecule has 0 aliphatic carbocycles. The molecule has 0 heterocycles. The van der Waals surface area contributed by atoms with Gasteiger partial charge in [-0.2, -0.15) is 0 Å². The van der Waals surface area contributed by atoms with E-state index in [9.17, 15) is 5.11 Å². The molecule has 3 nitrogen and oxygen atoms in total. The van der Waals surface area contributed by atoms with E-state index in [0.29, 0.717) is 12.4 Å². The predicted molar refractivity (Wildman–Crippen MR) is 59.1 cm³/mol. The first-order chi connectivity index (χ1) is 7.11. The first-order valence-corrected chi connectivity index (χ1v) is 4.74. The predicted octanol–water partition coefficient (Wildman–Crippen LogP) is 2.63. The molecule has 0 saturated heterocycles. The summed E-state index contributed by atoms with van der Waals surface area (Å²) in [6, 6.07) is 5.15. The Bertz CT molecular complexity index is 345. The van der Waals surface area contributed by atoms with Gasteiger partial charge in [0.2, 0.25) is 0 Å². The number of phenols is 1. The number of hydrogen-bond donors (Lipinski definition) is 1. The van der Waals surface area contributed by atoms with Crippen molar-refractivity contribution in [3.63, 3.8) is 0 Å². The van der Waals surface area contributed by atoms with E-state index in [1.54, 1.807) is 25.1 Å². The van der Waals surface area contributed by atoms with Crippen molar-refractivity contribution in [1.82, 2.24) is 0 Å². The fourth-order valence-corrected chi connectivity index (χ4v) is 1.08. The van der Waals surface area contributed by atoms with Crippen LogP contribution in [0.25, 0.3) is 0 Å². The zero-order valence-electron chi connectivity index (χ0n) is 9.12. The Labute approximate surface area is 90.0 Å². The minimum atomic E-state index is 0.164. The summed E-state index contributed by atoms with van der Waals surface area (Å²) < 4.78 is 10.5. The third-order valence-electron chi connectivity index (χ3n) is 1.90. The highest BCUT2D eigenvalue weighted by molar-refractivity contribution is 5.42. The van der Waals surface area contributed by atoms with Gasteiger partial charge in [0.05, 0.1) is 6.61 Å². The van der Waals surface area contributed by atoms with Gasteiger partial charge in [0.25, 0.3) is 0 Å². The van der Waals surface area contributed by atoms with Crippen LogP contribution in [-0.4, -0.2) is 18.5 Å². The van der Waals surface area contributed by atoms with Gasteiger partial charge in [-0.05, 0) is 26.0 Å². The summed E-state index contributed by atoms with van der Waals surface area (Å²) >= 11 is 0. The molecule has 82 valence electrons. The Kier molecular flexibility index (Phi) is 4.18. The lowest BCUT2D eigenvalue weighted by Gasteiger charge is -2.10. The molecule has 0 aliphatic rings. The van der Waals surface area contributed by atoms with Crippen molar-refractivity contribution in [3.8, 4) is 11.5 Å². The molecular formula is C12H16O3. The van der Waals surface area contributed by atoms with Crippen LogP contribution in [0.5, 0.6) is 11.5 Å². The van der Waals surface area contributed by atoms with Crippen LogP contribution < -0.4 is 4.74 Å². The van der Waals surface area contributed by atoms with E-state index < -0.39 is 0 Å². The summed E-state index contributed by atoms with van der Waals surface area (Å²) in [6.45, 7) is 8.04. The fraction of sp³-hybridized carbons (Fsp3) is 0.333. The first kappa shape index (κ1) is 11.6. The zero-order chi connectivity index (χ0) is 11.3. The Hall–Kier alpha value is -1.48. The number of benzene rings is 1. The van der Waals surface area contributed by atoms with E-state index in [1.807, 2.05) is 6.92 Å². The third kappa shape index (κ3) is 3.64. The van der Waals surface area contributed by atoms with Crippen molar-refractivity contribution in [2.24, 2.45) is 0 Å². The number of ether oxygens (including phenoxy) is 2. The van der Waals surface area contributed by atoms with E-state index in [1.165, 1.54) is 0 Å². The van der Waals surface area contributed by atoms with Gasteiger partial charge in [-0.3, -0.25) is 0 Å². The van der Waals surface area contributed by atoms with Gasteiger partial charge in [0, 0.05) is 5.56 Å². The zero-order valence-corrected chi connectivity index (χ0v) is 9.12. The van der Waals surface area contributed by atoms with E-state index in [0.717, 1.165) is 11.1 Å². The molecule has 0 spiro atoms. The van der Waals surface area contributed by atoms with Crippen molar-refractivity contribution < 1.29 is 14.6 Å². The summed E-state index contributed by atoms with van der Waals surface area (Å²) in [4.78, 5) is 0. The van der Waals surface area contributed by atoms with Gasteiger partial charge in [-0.15, -0.1) is 0 Å². The highest BCUT2D eigenvalue weighted by Gasteiger charge is 2.02. The summed E-state index contributed by atoms with van der Waals surface area (Å²) in [5.74, 6) is 0.865. The molecule has 0 bridgehead atoms. The molecule has 0 atom stereocenters. The Morgan fingerprint density at radius 2 is 2.20 bits per heavy atom. The normalized spacial score (nSPS) is 10.0. The van der Waals surface area contributed by atoms with Crippen molar-refractivity contribution in [3.05, 3.63) is 35.9 Å². The van der Waals surface area contributed by atoms with Crippen LogP contribution in [0.3, 0.4) is 0 Å². The molecule has 0 amide bonds. The van der Waals surface area contributed by atoms with Crippen molar-refractivity contribution >= 4 is 0 Å². The molecule has 1 N–H and O–H groups in total. The second kappa shape index (κ2) is 5.41. The number of aromatic hydroxyl groups is 1. The van der Waals surface area contributed by atoms with E-state index in [4.69, 9.17) is 9.47 Å². The van der Waals surface area contributed by atoms with Gasteiger partial charge < -0.3 is 14.6 Å². The van der Waals surface area contributed by atoms with Gasteiger partial charge in [0.1, 0.15) is 11.5 Å². The molecule has 1 rings (SSSR count). The first-order valence-electron chi connectivity index (χ1n) is 4.74. The molecule has 3 heteroatoms. The van der Waals surface area contributed by atoms with Gasteiger partial charge in [-0.25, -0.2) is 0 Å². The smallest absolute Gasteiger partial charge is 0.189 e. The van der Waals surface area contributed by atoms with Gasteiger partial charge in [0.15, 0.2) is 6.79 Å². The quantitative estimate of drug-likeness (QED) is 0.459. The molecule has 0 fully saturated rings. The summed E-state index contributed by atoms with van der Waals surface area (Å²) in [7, 11) is 0. The largest absolute Gasteiger partial charge is 0.508 e. The summed E-state index contributed by atoms with van der Waals surface area (Å²) in [5, 5.41) is 9.41. The maximum absolute atomic E-state index is 9.41. The lowest BCUT2D eigenvalue weighted by molar-refractivity contribution is 0.0270. The average molecular weight is 208 g/mol. The van der Waals surface area contributed by atoms with Crippen LogP contribution in [0.15, 0.2) is 30.4 Å². The molecular weight excluding hydrogens is 192 g/mol. The molecule has 0 radical (unpaired) electrons. The maximum atomic E-state index is 9.41. The SMILES string of the molecule is C=C(C)COCOc1cccc(O)c1C. The Balaban J connectivity index is 2.44.